The van der Waals surface area contributed by atoms with Gasteiger partial charge in [-0.3, -0.25) is 9.48 Å². The molecule has 0 atom stereocenters. The number of halogens is 2. The van der Waals surface area contributed by atoms with Crippen LogP contribution in [0.1, 0.15) is 49.4 Å². The molecule has 10 nitrogen and oxygen atoms in total. The Balaban J connectivity index is 1.61. The first-order valence-corrected chi connectivity index (χ1v) is 14.7. The molecule has 0 saturated carbocycles. The van der Waals surface area contributed by atoms with E-state index in [4.69, 9.17) is 37.9 Å². The van der Waals surface area contributed by atoms with Crippen molar-refractivity contribution in [1.29, 1.82) is 0 Å². The number of carbonyl (C=O) groups excluding carboxylic acids is 2. The van der Waals surface area contributed by atoms with Crippen LogP contribution in [-0.4, -0.2) is 74.3 Å². The molecular formula is C31H37Cl2N7O3. The van der Waals surface area contributed by atoms with E-state index < -0.39 is 11.7 Å². The lowest BCUT2D eigenvalue weighted by Crippen LogP contribution is -2.36. The Kier molecular flexibility index (Phi) is 9.82. The van der Waals surface area contributed by atoms with E-state index >= 15 is 0 Å². The quantitative estimate of drug-likeness (QED) is 0.221. The maximum absolute atomic E-state index is 13.8. The van der Waals surface area contributed by atoms with Gasteiger partial charge in [0.15, 0.2) is 5.82 Å². The molecule has 2 amide bonds. The number of aromatic nitrogens is 4. The van der Waals surface area contributed by atoms with E-state index in [1.54, 1.807) is 55.5 Å². The van der Waals surface area contributed by atoms with E-state index in [0.29, 0.717) is 57.7 Å². The number of hydrogen-bond acceptors (Lipinski definition) is 7. The Morgan fingerprint density at radius 2 is 1.77 bits per heavy atom. The van der Waals surface area contributed by atoms with E-state index in [9.17, 15) is 9.59 Å². The summed E-state index contributed by atoms with van der Waals surface area (Å²) in [7, 11) is 3.42. The lowest BCUT2D eigenvalue weighted by atomic mass is 10.1. The number of ether oxygens (including phenoxy) is 1. The number of nitrogens with one attached hydrogen (secondary N) is 1. The van der Waals surface area contributed by atoms with Gasteiger partial charge < -0.3 is 19.9 Å². The van der Waals surface area contributed by atoms with Gasteiger partial charge in [-0.2, -0.15) is 5.10 Å². The van der Waals surface area contributed by atoms with Gasteiger partial charge in [-0.25, -0.2) is 14.8 Å². The molecule has 0 aliphatic rings. The van der Waals surface area contributed by atoms with Crippen molar-refractivity contribution in [3.63, 3.8) is 0 Å². The van der Waals surface area contributed by atoms with Crippen LogP contribution in [0.4, 0.5) is 10.5 Å². The Bertz CT molecular complexity index is 1650. The number of fused-ring (bicyclic) bond motifs is 1. The van der Waals surface area contributed by atoms with Crippen molar-refractivity contribution in [2.45, 2.75) is 53.3 Å². The molecule has 1 N–H and O–H groups in total. The van der Waals surface area contributed by atoms with Gasteiger partial charge in [-0.1, -0.05) is 23.2 Å². The van der Waals surface area contributed by atoms with Crippen LogP contribution >= 0.6 is 23.2 Å². The number of hydrogen-bond donors (Lipinski definition) is 1. The highest BCUT2D eigenvalue weighted by Crippen LogP contribution is 2.29. The predicted molar refractivity (Wildman–Crippen MR) is 171 cm³/mol. The minimum atomic E-state index is -0.571. The van der Waals surface area contributed by atoms with Crippen molar-refractivity contribution in [3.8, 4) is 11.4 Å². The molecule has 0 aliphatic heterocycles. The van der Waals surface area contributed by atoms with Crippen molar-refractivity contribution < 1.29 is 14.3 Å². The lowest BCUT2D eigenvalue weighted by Gasteiger charge is -2.24. The van der Waals surface area contributed by atoms with Gasteiger partial charge in [0.1, 0.15) is 11.3 Å². The van der Waals surface area contributed by atoms with E-state index in [2.05, 4.69) is 10.4 Å². The van der Waals surface area contributed by atoms with Gasteiger partial charge in [0.25, 0.3) is 5.91 Å². The minimum Gasteiger partial charge on any atom is -0.444 e. The zero-order valence-electron chi connectivity index (χ0n) is 25.5. The zero-order valence-corrected chi connectivity index (χ0v) is 27.0. The molecule has 228 valence electrons. The third-order valence-corrected chi connectivity index (χ3v) is 7.21. The second-order valence-corrected chi connectivity index (χ2v) is 12.2. The maximum Gasteiger partial charge on any atom is 0.410 e. The number of nitrogens with zero attached hydrogens (tertiary/aromatic N) is 6. The van der Waals surface area contributed by atoms with Crippen molar-refractivity contribution >= 4 is 51.8 Å². The average molecular weight is 627 g/mol. The summed E-state index contributed by atoms with van der Waals surface area (Å²) in [5.41, 5.74) is 3.55. The maximum atomic E-state index is 13.8. The van der Waals surface area contributed by atoms with Crippen LogP contribution in [0.15, 0.2) is 42.6 Å². The summed E-state index contributed by atoms with van der Waals surface area (Å²) in [6.45, 7) is 11.5. The summed E-state index contributed by atoms with van der Waals surface area (Å²) in [5, 5.41) is 9.19. The molecule has 0 aliphatic carbocycles. The monoisotopic (exact) mass is 625 g/mol. The molecule has 0 spiro atoms. The van der Waals surface area contributed by atoms with Gasteiger partial charge >= 0.3 is 6.09 Å². The largest absolute Gasteiger partial charge is 0.444 e. The lowest BCUT2D eigenvalue weighted by molar-refractivity contribution is 0.0305. The number of rotatable bonds is 9. The van der Waals surface area contributed by atoms with Crippen molar-refractivity contribution in [2.24, 2.45) is 0 Å². The van der Waals surface area contributed by atoms with Crippen LogP contribution in [0.25, 0.3) is 22.3 Å². The molecule has 4 rings (SSSR count). The van der Waals surface area contributed by atoms with Crippen LogP contribution in [0.2, 0.25) is 10.0 Å². The van der Waals surface area contributed by atoms with Crippen molar-refractivity contribution in [1.82, 2.24) is 29.5 Å². The average Bonchev–Trinajstić information content (AvgIpc) is 3.29. The number of anilines is 1. The van der Waals surface area contributed by atoms with E-state index in [1.807, 2.05) is 45.4 Å². The summed E-state index contributed by atoms with van der Waals surface area (Å²) in [6.07, 6.45) is 1.39. The molecule has 2 heterocycles. The molecule has 43 heavy (non-hydrogen) atoms. The van der Waals surface area contributed by atoms with Gasteiger partial charge in [0.05, 0.1) is 11.7 Å². The first-order valence-electron chi connectivity index (χ1n) is 14.0. The van der Waals surface area contributed by atoms with Crippen LogP contribution in [-0.2, 0) is 17.8 Å². The highest BCUT2D eigenvalue weighted by atomic mass is 35.5. The highest BCUT2D eigenvalue weighted by Gasteiger charge is 2.22. The zero-order chi connectivity index (χ0) is 31.5. The molecule has 0 unspecified atom stereocenters. The first kappa shape index (κ1) is 32.0. The number of aryl methyl sites for hydroxylation is 1. The molecule has 12 heteroatoms. The second-order valence-electron chi connectivity index (χ2n) is 11.3. The molecule has 4 aromatic rings. The molecule has 0 bridgehead atoms. The molecule has 0 saturated heterocycles. The number of likely N-dealkylation sites (N-methyl/N-ethyl adjacent to an activating group) is 1. The SMILES string of the molecule is CCn1ncc(CN(C)C(=O)c2nc(-c3cc(Cl)cc(NCCN(C)C(=O)OC(C)(C)C)c3)nc3ccc(Cl)cc23)c1C. The highest BCUT2D eigenvalue weighted by molar-refractivity contribution is 6.31. The first-order chi connectivity index (χ1) is 20.3. The molecule has 2 aromatic heterocycles. The van der Waals surface area contributed by atoms with Gasteiger partial charge in [0, 0.05) is 78.2 Å². The topological polar surface area (TPSA) is 105 Å². The van der Waals surface area contributed by atoms with Crippen LogP contribution < -0.4 is 5.32 Å². The Labute approximate surface area is 261 Å². The summed E-state index contributed by atoms with van der Waals surface area (Å²) >= 11 is 12.8. The molecule has 0 fully saturated rings. The van der Waals surface area contributed by atoms with Crippen LogP contribution in [0, 0.1) is 6.92 Å². The smallest absolute Gasteiger partial charge is 0.410 e. The third-order valence-electron chi connectivity index (χ3n) is 6.76. The van der Waals surface area contributed by atoms with Crippen LogP contribution in [0.3, 0.4) is 0 Å². The Morgan fingerprint density at radius 3 is 2.44 bits per heavy atom. The molecular weight excluding hydrogens is 589 g/mol. The fourth-order valence-corrected chi connectivity index (χ4v) is 4.89. The van der Waals surface area contributed by atoms with E-state index in [-0.39, 0.29) is 11.6 Å². The summed E-state index contributed by atoms with van der Waals surface area (Å²) in [4.78, 5) is 38.7. The number of carbonyl (C=O) groups is 2. The van der Waals surface area contributed by atoms with Crippen molar-refractivity contribution in [2.75, 3.05) is 32.5 Å². The normalized spacial score (nSPS) is 11.5. The number of amides is 2. The Morgan fingerprint density at radius 1 is 1.02 bits per heavy atom. The fraction of sp³-hybridized carbons (Fsp3) is 0.387. The van der Waals surface area contributed by atoms with Gasteiger partial charge in [-0.15, -0.1) is 0 Å². The Hall–Kier alpha value is -3.89. The van der Waals surface area contributed by atoms with Crippen molar-refractivity contribution in [3.05, 3.63) is 69.6 Å². The standard InChI is InChI=1S/C31H37Cl2N7O3/c1-8-40-19(2)21(17-35-40)18-39(7)29(41)27-25-16-22(32)9-10-26(25)36-28(37-27)20-13-23(33)15-24(14-20)34-11-12-38(6)30(42)43-31(3,4)5/h9-10,13-17,34H,8,11-12,18H2,1-7H3. The summed E-state index contributed by atoms with van der Waals surface area (Å²) in [5.74, 6) is 0.0723. The minimum absolute atomic E-state index is 0.235. The number of benzene rings is 2. The third kappa shape index (κ3) is 7.94. The second kappa shape index (κ2) is 13.2. The molecule has 0 radical (unpaired) electrons. The predicted octanol–water partition coefficient (Wildman–Crippen LogP) is 6.68. The fourth-order valence-electron chi connectivity index (χ4n) is 4.48. The van der Waals surface area contributed by atoms with Gasteiger partial charge in [-0.05, 0) is 71.0 Å². The van der Waals surface area contributed by atoms with E-state index in [1.165, 1.54) is 4.90 Å². The summed E-state index contributed by atoms with van der Waals surface area (Å²) < 4.78 is 7.31. The van der Waals surface area contributed by atoms with E-state index in [0.717, 1.165) is 17.8 Å². The van der Waals surface area contributed by atoms with Crippen LogP contribution in [0.5, 0.6) is 0 Å². The molecule has 2 aromatic carbocycles. The van der Waals surface area contributed by atoms with Gasteiger partial charge in [0.2, 0.25) is 0 Å². The summed E-state index contributed by atoms with van der Waals surface area (Å²) in [6, 6.07) is 10.6.